The number of amides is 2. The van der Waals surface area contributed by atoms with Crippen LogP contribution in [0.2, 0.25) is 0 Å². The van der Waals surface area contributed by atoms with Crippen LogP contribution in [0.3, 0.4) is 0 Å². The molecule has 0 heterocycles. The van der Waals surface area contributed by atoms with Crippen LogP contribution in [0.1, 0.15) is 39.5 Å². The van der Waals surface area contributed by atoms with Crippen molar-refractivity contribution in [3.05, 3.63) is 12.1 Å². The van der Waals surface area contributed by atoms with Crippen molar-refractivity contribution in [1.82, 2.24) is 4.90 Å². The molecule has 0 aliphatic heterocycles. The standard InChI is InChI=1S/C18H30N2O4/c1-6-8-10-20(11-9-7-2)18(21)19-14-12-15(22-3)17(24-5)16(13-14)23-4/h12-13H,6-11H2,1-5H3,(H,19,21). The lowest BCUT2D eigenvalue weighted by atomic mass is 10.2. The summed E-state index contributed by atoms with van der Waals surface area (Å²) in [6.07, 6.45) is 4.10. The fourth-order valence-corrected chi connectivity index (χ4v) is 2.37. The van der Waals surface area contributed by atoms with Crippen LogP contribution < -0.4 is 19.5 Å². The summed E-state index contributed by atoms with van der Waals surface area (Å²) in [7, 11) is 4.66. The van der Waals surface area contributed by atoms with Gasteiger partial charge in [-0.05, 0) is 12.8 Å². The van der Waals surface area contributed by atoms with Crippen molar-refractivity contribution in [2.75, 3.05) is 39.7 Å². The highest BCUT2D eigenvalue weighted by molar-refractivity contribution is 5.90. The van der Waals surface area contributed by atoms with E-state index in [0.717, 1.165) is 38.8 Å². The molecule has 6 nitrogen and oxygen atoms in total. The van der Waals surface area contributed by atoms with Crippen molar-refractivity contribution in [2.45, 2.75) is 39.5 Å². The van der Waals surface area contributed by atoms with E-state index in [1.54, 1.807) is 33.5 Å². The number of hydrogen-bond acceptors (Lipinski definition) is 4. The van der Waals surface area contributed by atoms with Crippen LogP contribution in [-0.2, 0) is 0 Å². The number of rotatable bonds is 10. The molecular formula is C18H30N2O4. The zero-order valence-electron chi connectivity index (χ0n) is 15.5. The highest BCUT2D eigenvalue weighted by atomic mass is 16.5. The predicted octanol–water partition coefficient (Wildman–Crippen LogP) is 4.15. The summed E-state index contributed by atoms with van der Waals surface area (Å²) in [5.74, 6) is 1.54. The molecule has 1 aromatic rings. The molecule has 2 amide bonds. The average Bonchev–Trinajstić information content (AvgIpc) is 2.60. The molecule has 0 radical (unpaired) electrons. The minimum atomic E-state index is -0.105. The fraction of sp³-hybridized carbons (Fsp3) is 0.611. The van der Waals surface area contributed by atoms with Crippen LogP contribution in [0.15, 0.2) is 12.1 Å². The first-order chi connectivity index (χ1) is 11.6. The van der Waals surface area contributed by atoms with Gasteiger partial charge in [0.25, 0.3) is 0 Å². The van der Waals surface area contributed by atoms with Crippen LogP contribution in [0.5, 0.6) is 17.2 Å². The maximum atomic E-state index is 12.6. The van der Waals surface area contributed by atoms with E-state index in [9.17, 15) is 4.79 Å². The molecule has 1 rings (SSSR count). The lowest BCUT2D eigenvalue weighted by Crippen LogP contribution is -2.36. The van der Waals surface area contributed by atoms with Gasteiger partial charge < -0.3 is 24.4 Å². The van der Waals surface area contributed by atoms with Gasteiger partial charge in [0.2, 0.25) is 5.75 Å². The molecular weight excluding hydrogens is 308 g/mol. The second kappa shape index (κ2) is 10.6. The number of hydrogen-bond donors (Lipinski definition) is 1. The number of carbonyl (C=O) groups excluding carboxylic acids is 1. The molecule has 0 spiro atoms. The van der Waals surface area contributed by atoms with Gasteiger partial charge in [0.15, 0.2) is 11.5 Å². The molecule has 1 N–H and O–H groups in total. The van der Waals surface area contributed by atoms with Crippen molar-refractivity contribution < 1.29 is 19.0 Å². The second-order valence-corrected chi connectivity index (χ2v) is 5.54. The number of unbranched alkanes of at least 4 members (excludes halogenated alkanes) is 2. The number of nitrogens with zero attached hydrogens (tertiary/aromatic N) is 1. The van der Waals surface area contributed by atoms with Crippen LogP contribution in [0, 0.1) is 0 Å². The molecule has 6 heteroatoms. The van der Waals surface area contributed by atoms with E-state index >= 15 is 0 Å². The van der Waals surface area contributed by atoms with Gasteiger partial charge in [-0.25, -0.2) is 4.79 Å². The Balaban J connectivity index is 2.93. The van der Waals surface area contributed by atoms with Gasteiger partial charge in [-0.1, -0.05) is 26.7 Å². The first-order valence-corrected chi connectivity index (χ1v) is 8.47. The Morgan fingerprint density at radius 2 is 1.46 bits per heavy atom. The van der Waals surface area contributed by atoms with Crippen LogP contribution in [0.4, 0.5) is 10.5 Å². The molecule has 1 aromatic carbocycles. The van der Waals surface area contributed by atoms with Gasteiger partial charge in [-0.3, -0.25) is 0 Å². The Morgan fingerprint density at radius 3 is 1.83 bits per heavy atom. The Morgan fingerprint density at radius 1 is 0.958 bits per heavy atom. The monoisotopic (exact) mass is 338 g/mol. The van der Waals surface area contributed by atoms with E-state index in [-0.39, 0.29) is 6.03 Å². The largest absolute Gasteiger partial charge is 0.493 e. The summed E-state index contributed by atoms with van der Waals surface area (Å²) in [6, 6.07) is 3.36. The number of ether oxygens (including phenoxy) is 3. The highest BCUT2D eigenvalue weighted by Gasteiger charge is 2.17. The summed E-state index contributed by atoms with van der Waals surface area (Å²) in [6.45, 7) is 5.75. The molecule has 0 aromatic heterocycles. The van der Waals surface area contributed by atoms with Crippen molar-refractivity contribution in [2.24, 2.45) is 0 Å². The van der Waals surface area contributed by atoms with E-state index in [0.29, 0.717) is 22.9 Å². The van der Waals surface area contributed by atoms with Gasteiger partial charge in [-0.2, -0.15) is 0 Å². The Hall–Kier alpha value is -2.11. The Kier molecular flexibility index (Phi) is 8.83. The van der Waals surface area contributed by atoms with Crippen LogP contribution in [0.25, 0.3) is 0 Å². The third kappa shape index (κ3) is 5.51. The number of anilines is 1. The number of benzene rings is 1. The summed E-state index contributed by atoms with van der Waals surface area (Å²) in [4.78, 5) is 14.4. The number of methoxy groups -OCH3 is 3. The highest BCUT2D eigenvalue weighted by Crippen LogP contribution is 2.39. The van der Waals surface area contributed by atoms with Crippen molar-refractivity contribution in [3.63, 3.8) is 0 Å². The zero-order valence-corrected chi connectivity index (χ0v) is 15.5. The van der Waals surface area contributed by atoms with Crippen molar-refractivity contribution in [3.8, 4) is 17.2 Å². The van der Waals surface area contributed by atoms with E-state index in [4.69, 9.17) is 14.2 Å². The van der Waals surface area contributed by atoms with E-state index in [2.05, 4.69) is 19.2 Å². The minimum absolute atomic E-state index is 0.105. The fourth-order valence-electron chi connectivity index (χ4n) is 2.37. The molecule has 0 fully saturated rings. The first kappa shape index (κ1) is 19.9. The number of carbonyl (C=O) groups is 1. The van der Waals surface area contributed by atoms with E-state index in [1.165, 1.54) is 0 Å². The maximum absolute atomic E-state index is 12.6. The third-order valence-corrected chi connectivity index (χ3v) is 3.77. The van der Waals surface area contributed by atoms with Gasteiger partial charge in [0.1, 0.15) is 0 Å². The normalized spacial score (nSPS) is 10.2. The van der Waals surface area contributed by atoms with Crippen LogP contribution >= 0.6 is 0 Å². The van der Waals surface area contributed by atoms with Gasteiger partial charge in [0, 0.05) is 25.2 Å². The lowest BCUT2D eigenvalue weighted by molar-refractivity contribution is 0.210. The SMILES string of the molecule is CCCCN(CCCC)C(=O)Nc1cc(OC)c(OC)c(OC)c1. The number of nitrogens with one attached hydrogen (secondary N) is 1. The first-order valence-electron chi connectivity index (χ1n) is 8.47. The van der Waals surface area contributed by atoms with E-state index in [1.807, 2.05) is 4.90 Å². The van der Waals surface area contributed by atoms with Gasteiger partial charge in [-0.15, -0.1) is 0 Å². The summed E-state index contributed by atoms with van der Waals surface area (Å²) in [5, 5.41) is 2.93. The predicted molar refractivity (Wildman–Crippen MR) is 96.5 cm³/mol. The molecule has 0 aliphatic rings. The molecule has 0 aliphatic carbocycles. The average molecular weight is 338 g/mol. The summed E-state index contributed by atoms with van der Waals surface area (Å²) < 4.78 is 15.9. The molecule has 0 saturated heterocycles. The van der Waals surface area contributed by atoms with Gasteiger partial charge >= 0.3 is 6.03 Å². The number of urea groups is 1. The topological polar surface area (TPSA) is 60.0 Å². The Bertz CT molecular complexity index is 487. The van der Waals surface area contributed by atoms with E-state index < -0.39 is 0 Å². The molecule has 0 atom stereocenters. The van der Waals surface area contributed by atoms with Gasteiger partial charge in [0.05, 0.1) is 27.0 Å². The second-order valence-electron chi connectivity index (χ2n) is 5.54. The molecule has 0 bridgehead atoms. The zero-order chi connectivity index (χ0) is 17.9. The minimum Gasteiger partial charge on any atom is -0.493 e. The molecule has 24 heavy (non-hydrogen) atoms. The summed E-state index contributed by atoms with van der Waals surface area (Å²) >= 11 is 0. The van der Waals surface area contributed by atoms with Crippen molar-refractivity contribution >= 4 is 11.7 Å². The molecule has 136 valence electrons. The Labute approximate surface area is 145 Å². The quantitative estimate of drug-likeness (QED) is 0.696. The van der Waals surface area contributed by atoms with Crippen LogP contribution in [-0.4, -0.2) is 45.3 Å². The van der Waals surface area contributed by atoms with Crippen molar-refractivity contribution in [1.29, 1.82) is 0 Å². The third-order valence-electron chi connectivity index (χ3n) is 3.77. The smallest absolute Gasteiger partial charge is 0.321 e. The molecule has 0 unspecified atom stereocenters. The maximum Gasteiger partial charge on any atom is 0.321 e. The summed E-state index contributed by atoms with van der Waals surface area (Å²) in [5.41, 5.74) is 0.618. The molecule has 0 saturated carbocycles. The lowest BCUT2D eigenvalue weighted by Gasteiger charge is -2.23.